The predicted octanol–water partition coefficient (Wildman–Crippen LogP) is 1.97. The molecule has 0 unspecified atom stereocenters. The van der Waals surface area contributed by atoms with E-state index in [2.05, 4.69) is 17.4 Å². The number of benzene rings is 1. The fraction of sp³-hybridized carbons (Fsp3) is 0.600. The van der Waals surface area contributed by atoms with Crippen molar-refractivity contribution in [3.8, 4) is 0 Å². The molecule has 1 saturated heterocycles. The molecular weight excluding hydrogens is 226 g/mol. The molecule has 0 bridgehead atoms. The fourth-order valence-electron chi connectivity index (χ4n) is 2.39. The molecule has 18 heavy (non-hydrogen) atoms. The molecule has 0 amide bonds. The van der Waals surface area contributed by atoms with E-state index in [1.807, 2.05) is 18.2 Å². The molecule has 3 rings (SSSR count). The van der Waals surface area contributed by atoms with Gasteiger partial charge >= 0.3 is 0 Å². The summed E-state index contributed by atoms with van der Waals surface area (Å²) >= 11 is 0. The van der Waals surface area contributed by atoms with Crippen molar-refractivity contribution in [1.29, 1.82) is 0 Å². The van der Waals surface area contributed by atoms with Gasteiger partial charge in [-0.3, -0.25) is 0 Å². The van der Waals surface area contributed by atoms with Gasteiger partial charge in [-0.1, -0.05) is 30.3 Å². The first-order valence-corrected chi connectivity index (χ1v) is 6.80. The monoisotopic (exact) mass is 247 g/mol. The molecule has 1 aliphatic carbocycles. The van der Waals surface area contributed by atoms with Crippen molar-refractivity contribution in [3.63, 3.8) is 0 Å². The van der Waals surface area contributed by atoms with Gasteiger partial charge in [-0.25, -0.2) is 0 Å². The van der Waals surface area contributed by atoms with E-state index < -0.39 is 0 Å². The van der Waals surface area contributed by atoms with E-state index in [1.165, 1.54) is 18.4 Å². The number of hydrogen-bond acceptors (Lipinski definition) is 3. The summed E-state index contributed by atoms with van der Waals surface area (Å²) in [5, 5.41) is 3.49. The third kappa shape index (κ3) is 3.10. The van der Waals surface area contributed by atoms with Crippen molar-refractivity contribution in [3.05, 3.63) is 35.9 Å². The van der Waals surface area contributed by atoms with Crippen LogP contribution in [0.3, 0.4) is 0 Å². The van der Waals surface area contributed by atoms with Crippen LogP contribution in [0.2, 0.25) is 0 Å². The first kappa shape index (κ1) is 12.2. The summed E-state index contributed by atoms with van der Waals surface area (Å²) in [6, 6.07) is 10.3. The van der Waals surface area contributed by atoms with Crippen LogP contribution >= 0.6 is 0 Å². The molecule has 1 aliphatic heterocycles. The second-order valence-corrected chi connectivity index (χ2v) is 5.56. The van der Waals surface area contributed by atoms with Crippen LogP contribution in [-0.2, 0) is 16.1 Å². The van der Waals surface area contributed by atoms with E-state index in [9.17, 15) is 0 Å². The minimum absolute atomic E-state index is 0.202. The highest BCUT2D eigenvalue weighted by Crippen LogP contribution is 2.45. The first-order chi connectivity index (χ1) is 8.86. The highest BCUT2D eigenvalue weighted by atomic mass is 16.5. The lowest BCUT2D eigenvalue weighted by molar-refractivity contribution is -0.0235. The number of hydrogen-bond donors (Lipinski definition) is 1. The molecule has 1 spiro atoms. The molecule has 0 aromatic heterocycles. The third-order valence-electron chi connectivity index (χ3n) is 3.87. The minimum Gasteiger partial charge on any atom is -0.374 e. The SMILES string of the molecule is c1ccc(COC[C@@H]2CNCC3(CC3)CO2)cc1. The van der Waals surface area contributed by atoms with Gasteiger partial charge in [0.05, 0.1) is 25.9 Å². The molecule has 1 atom stereocenters. The molecule has 1 heterocycles. The Morgan fingerprint density at radius 2 is 2.11 bits per heavy atom. The van der Waals surface area contributed by atoms with Crippen molar-refractivity contribution < 1.29 is 9.47 Å². The third-order valence-corrected chi connectivity index (χ3v) is 3.87. The van der Waals surface area contributed by atoms with Crippen LogP contribution in [0.1, 0.15) is 18.4 Å². The summed E-state index contributed by atoms with van der Waals surface area (Å²) in [6.07, 6.45) is 2.84. The lowest BCUT2D eigenvalue weighted by Crippen LogP contribution is -2.30. The zero-order valence-electron chi connectivity index (χ0n) is 10.7. The highest BCUT2D eigenvalue weighted by Gasteiger charge is 2.44. The Morgan fingerprint density at radius 3 is 2.89 bits per heavy atom. The molecule has 1 saturated carbocycles. The van der Waals surface area contributed by atoms with Crippen molar-refractivity contribution in [2.75, 3.05) is 26.3 Å². The topological polar surface area (TPSA) is 30.5 Å². The number of ether oxygens (including phenoxy) is 2. The zero-order valence-corrected chi connectivity index (χ0v) is 10.7. The van der Waals surface area contributed by atoms with Crippen LogP contribution in [0.5, 0.6) is 0 Å². The van der Waals surface area contributed by atoms with Crippen molar-refractivity contribution >= 4 is 0 Å². The molecule has 3 heteroatoms. The van der Waals surface area contributed by atoms with Crippen LogP contribution in [-0.4, -0.2) is 32.4 Å². The van der Waals surface area contributed by atoms with Crippen LogP contribution in [0, 0.1) is 5.41 Å². The van der Waals surface area contributed by atoms with Crippen LogP contribution in [0.25, 0.3) is 0 Å². The molecule has 2 aliphatic rings. The van der Waals surface area contributed by atoms with E-state index >= 15 is 0 Å². The molecular formula is C15H21NO2. The summed E-state index contributed by atoms with van der Waals surface area (Å²) < 4.78 is 11.7. The highest BCUT2D eigenvalue weighted by molar-refractivity contribution is 5.13. The van der Waals surface area contributed by atoms with Gasteiger partial charge in [0.15, 0.2) is 0 Å². The summed E-state index contributed by atoms with van der Waals surface area (Å²) in [7, 11) is 0. The lowest BCUT2D eigenvalue weighted by atomic mass is 10.1. The molecule has 2 fully saturated rings. The average molecular weight is 247 g/mol. The van der Waals surface area contributed by atoms with Crippen molar-refractivity contribution in [2.24, 2.45) is 5.41 Å². The Hall–Kier alpha value is -0.900. The quantitative estimate of drug-likeness (QED) is 0.882. The predicted molar refractivity (Wildman–Crippen MR) is 70.4 cm³/mol. The molecule has 3 nitrogen and oxygen atoms in total. The summed E-state index contributed by atoms with van der Waals surface area (Å²) in [5.74, 6) is 0. The molecule has 1 N–H and O–H groups in total. The molecule has 1 aromatic carbocycles. The number of rotatable bonds is 4. The van der Waals surface area contributed by atoms with Crippen LogP contribution < -0.4 is 5.32 Å². The van der Waals surface area contributed by atoms with Gasteiger partial charge in [0.2, 0.25) is 0 Å². The van der Waals surface area contributed by atoms with E-state index in [-0.39, 0.29) is 6.10 Å². The minimum atomic E-state index is 0.202. The fourth-order valence-corrected chi connectivity index (χ4v) is 2.39. The molecule has 98 valence electrons. The normalized spacial score (nSPS) is 25.9. The van der Waals surface area contributed by atoms with Crippen LogP contribution in [0.15, 0.2) is 30.3 Å². The smallest absolute Gasteiger partial charge is 0.0932 e. The van der Waals surface area contributed by atoms with Gasteiger partial charge in [-0.2, -0.15) is 0 Å². The lowest BCUT2D eigenvalue weighted by Gasteiger charge is -2.16. The summed E-state index contributed by atoms with van der Waals surface area (Å²) in [4.78, 5) is 0. The van der Waals surface area contributed by atoms with E-state index in [1.54, 1.807) is 0 Å². The zero-order chi connectivity index (χ0) is 12.3. The van der Waals surface area contributed by atoms with Gasteiger partial charge < -0.3 is 14.8 Å². The Labute approximate surface area is 108 Å². The molecule has 1 aromatic rings. The maximum atomic E-state index is 5.93. The Bertz CT molecular complexity index is 375. The van der Waals surface area contributed by atoms with E-state index in [0.29, 0.717) is 18.6 Å². The van der Waals surface area contributed by atoms with Crippen molar-refractivity contribution in [1.82, 2.24) is 5.32 Å². The Morgan fingerprint density at radius 1 is 1.28 bits per heavy atom. The van der Waals surface area contributed by atoms with Crippen LogP contribution in [0.4, 0.5) is 0 Å². The van der Waals surface area contributed by atoms with Gasteiger partial charge in [0, 0.05) is 18.5 Å². The summed E-state index contributed by atoms with van der Waals surface area (Å²) in [6.45, 7) is 4.28. The Kier molecular flexibility index (Phi) is 3.64. The van der Waals surface area contributed by atoms with E-state index in [0.717, 1.165) is 19.7 Å². The second kappa shape index (κ2) is 5.39. The van der Waals surface area contributed by atoms with Gasteiger partial charge in [0.25, 0.3) is 0 Å². The summed E-state index contributed by atoms with van der Waals surface area (Å²) in [5.41, 5.74) is 1.69. The first-order valence-electron chi connectivity index (χ1n) is 6.80. The van der Waals surface area contributed by atoms with Gasteiger partial charge in [-0.15, -0.1) is 0 Å². The van der Waals surface area contributed by atoms with Crippen molar-refractivity contribution in [2.45, 2.75) is 25.6 Å². The maximum absolute atomic E-state index is 5.93. The Balaban J connectivity index is 1.40. The largest absolute Gasteiger partial charge is 0.374 e. The average Bonchev–Trinajstić information content (AvgIpc) is 3.20. The van der Waals surface area contributed by atoms with E-state index in [4.69, 9.17) is 9.47 Å². The standard InChI is InChI=1S/C15H21NO2/c1-2-4-13(5-3-1)9-17-10-14-8-16-11-15(6-7-15)12-18-14/h1-5,14,16H,6-12H2/t14-/m0/s1. The number of nitrogens with one attached hydrogen (secondary N) is 1. The van der Waals surface area contributed by atoms with Gasteiger partial charge in [0.1, 0.15) is 0 Å². The molecule has 0 radical (unpaired) electrons. The maximum Gasteiger partial charge on any atom is 0.0932 e. The second-order valence-electron chi connectivity index (χ2n) is 5.56. The van der Waals surface area contributed by atoms with Gasteiger partial charge in [-0.05, 0) is 18.4 Å².